The van der Waals surface area contributed by atoms with Crippen LogP contribution in [0.5, 0.6) is 0 Å². The summed E-state index contributed by atoms with van der Waals surface area (Å²) in [4.78, 5) is 8.72. The Labute approximate surface area is 88.1 Å². The van der Waals surface area contributed by atoms with Gasteiger partial charge in [0.1, 0.15) is 5.82 Å². The summed E-state index contributed by atoms with van der Waals surface area (Å²) in [6.45, 7) is 0. The monoisotopic (exact) mass is 202 g/mol. The van der Waals surface area contributed by atoms with Crippen LogP contribution in [0.2, 0.25) is 0 Å². The molecular formula is C11H14N4. The maximum atomic E-state index is 6.29. The summed E-state index contributed by atoms with van der Waals surface area (Å²) < 4.78 is 2.07. The molecule has 1 aliphatic carbocycles. The van der Waals surface area contributed by atoms with Crippen molar-refractivity contribution in [1.82, 2.24) is 14.5 Å². The van der Waals surface area contributed by atoms with Gasteiger partial charge in [0.15, 0.2) is 0 Å². The van der Waals surface area contributed by atoms with E-state index in [-0.39, 0.29) is 5.54 Å². The number of pyridine rings is 1. The molecule has 0 spiro atoms. The van der Waals surface area contributed by atoms with Gasteiger partial charge in [-0.1, -0.05) is 0 Å². The van der Waals surface area contributed by atoms with Gasteiger partial charge >= 0.3 is 0 Å². The molecule has 4 heteroatoms. The second-order valence-corrected chi connectivity index (χ2v) is 4.37. The summed E-state index contributed by atoms with van der Waals surface area (Å²) in [7, 11) is 2.01. The molecule has 3 rings (SSSR count). The number of nitrogens with two attached hydrogens (primary N) is 1. The lowest BCUT2D eigenvalue weighted by atomic mass is 9.77. The fourth-order valence-electron chi connectivity index (χ4n) is 2.26. The number of aryl methyl sites for hydroxylation is 1. The third-order valence-corrected chi connectivity index (χ3v) is 3.37. The SMILES string of the molecule is Cn1c(C2(N)CCC2)nc2ccncc21. The number of rotatable bonds is 1. The lowest BCUT2D eigenvalue weighted by molar-refractivity contribution is 0.234. The highest BCUT2D eigenvalue weighted by molar-refractivity contribution is 5.74. The van der Waals surface area contributed by atoms with Crippen LogP contribution in [0.4, 0.5) is 0 Å². The molecule has 4 nitrogen and oxygen atoms in total. The molecule has 0 radical (unpaired) electrons. The summed E-state index contributed by atoms with van der Waals surface area (Å²) in [5.74, 6) is 0.997. The van der Waals surface area contributed by atoms with Crippen molar-refractivity contribution in [2.24, 2.45) is 12.8 Å². The molecule has 0 aromatic carbocycles. The maximum absolute atomic E-state index is 6.29. The molecule has 0 unspecified atom stereocenters. The van der Waals surface area contributed by atoms with Crippen molar-refractivity contribution in [2.75, 3.05) is 0 Å². The Morgan fingerprint density at radius 3 is 2.87 bits per heavy atom. The second-order valence-electron chi connectivity index (χ2n) is 4.37. The molecule has 0 amide bonds. The van der Waals surface area contributed by atoms with Gasteiger partial charge in [-0.25, -0.2) is 4.98 Å². The molecule has 2 N–H and O–H groups in total. The van der Waals surface area contributed by atoms with Gasteiger partial charge in [0, 0.05) is 13.2 Å². The molecule has 1 fully saturated rings. The second kappa shape index (κ2) is 2.79. The minimum atomic E-state index is -0.201. The van der Waals surface area contributed by atoms with Gasteiger partial charge in [-0.3, -0.25) is 4.98 Å². The van der Waals surface area contributed by atoms with E-state index in [1.165, 1.54) is 6.42 Å². The zero-order valence-electron chi connectivity index (χ0n) is 8.77. The Kier molecular flexibility index (Phi) is 1.65. The summed E-state index contributed by atoms with van der Waals surface area (Å²) in [5.41, 5.74) is 8.13. The molecule has 0 aliphatic heterocycles. The minimum absolute atomic E-state index is 0.201. The smallest absolute Gasteiger partial charge is 0.129 e. The van der Waals surface area contributed by atoms with Gasteiger partial charge in [-0.15, -0.1) is 0 Å². The molecule has 1 aliphatic rings. The van der Waals surface area contributed by atoms with E-state index in [2.05, 4.69) is 14.5 Å². The zero-order valence-corrected chi connectivity index (χ0v) is 8.77. The van der Waals surface area contributed by atoms with Crippen LogP contribution in [0.25, 0.3) is 11.0 Å². The van der Waals surface area contributed by atoms with E-state index in [4.69, 9.17) is 5.73 Å². The number of fused-ring (bicyclic) bond motifs is 1. The first-order valence-electron chi connectivity index (χ1n) is 5.26. The van der Waals surface area contributed by atoms with Crippen molar-refractivity contribution < 1.29 is 0 Å². The van der Waals surface area contributed by atoms with Crippen LogP contribution in [-0.2, 0) is 12.6 Å². The highest BCUT2D eigenvalue weighted by Gasteiger charge is 2.38. The maximum Gasteiger partial charge on any atom is 0.129 e. The summed E-state index contributed by atoms with van der Waals surface area (Å²) >= 11 is 0. The lowest BCUT2D eigenvalue weighted by Gasteiger charge is -2.37. The highest BCUT2D eigenvalue weighted by atomic mass is 15.1. The van der Waals surface area contributed by atoms with Crippen LogP contribution in [0.15, 0.2) is 18.5 Å². The van der Waals surface area contributed by atoms with Crippen molar-refractivity contribution in [3.63, 3.8) is 0 Å². The molecule has 2 heterocycles. The Hall–Kier alpha value is -1.42. The number of hydrogen-bond acceptors (Lipinski definition) is 3. The van der Waals surface area contributed by atoms with Crippen molar-refractivity contribution in [1.29, 1.82) is 0 Å². The quantitative estimate of drug-likeness (QED) is 0.758. The van der Waals surface area contributed by atoms with E-state index >= 15 is 0 Å². The first-order chi connectivity index (χ1) is 7.21. The minimum Gasteiger partial charge on any atom is -0.328 e. The predicted molar refractivity (Wildman–Crippen MR) is 58.2 cm³/mol. The Morgan fingerprint density at radius 1 is 1.47 bits per heavy atom. The van der Waals surface area contributed by atoms with E-state index in [1.54, 1.807) is 6.20 Å². The third kappa shape index (κ3) is 1.11. The average Bonchev–Trinajstić information content (AvgIpc) is 2.54. The first kappa shape index (κ1) is 8.85. The molecule has 0 bridgehead atoms. The molecule has 2 aromatic rings. The van der Waals surface area contributed by atoms with Crippen LogP contribution in [0, 0.1) is 0 Å². The van der Waals surface area contributed by atoms with Crippen LogP contribution in [0.3, 0.4) is 0 Å². The third-order valence-electron chi connectivity index (χ3n) is 3.37. The van der Waals surface area contributed by atoms with Crippen LogP contribution < -0.4 is 5.73 Å². The fraction of sp³-hybridized carbons (Fsp3) is 0.455. The molecule has 0 saturated heterocycles. The van der Waals surface area contributed by atoms with Crippen LogP contribution in [0.1, 0.15) is 25.1 Å². The van der Waals surface area contributed by atoms with Crippen molar-refractivity contribution >= 4 is 11.0 Å². The van der Waals surface area contributed by atoms with Crippen molar-refractivity contribution in [2.45, 2.75) is 24.8 Å². The Morgan fingerprint density at radius 2 is 2.27 bits per heavy atom. The molecule has 0 atom stereocenters. The highest BCUT2D eigenvalue weighted by Crippen LogP contribution is 2.38. The predicted octanol–water partition coefficient (Wildman–Crippen LogP) is 1.31. The summed E-state index contributed by atoms with van der Waals surface area (Å²) in [6.07, 6.45) is 6.89. The van der Waals surface area contributed by atoms with E-state index in [1.807, 2.05) is 19.3 Å². The Bertz CT molecular complexity index is 510. The van der Waals surface area contributed by atoms with Gasteiger partial charge in [-0.05, 0) is 25.3 Å². The van der Waals surface area contributed by atoms with Crippen LogP contribution in [-0.4, -0.2) is 14.5 Å². The first-order valence-corrected chi connectivity index (χ1v) is 5.26. The van der Waals surface area contributed by atoms with E-state index in [9.17, 15) is 0 Å². The topological polar surface area (TPSA) is 56.7 Å². The average molecular weight is 202 g/mol. The standard InChI is InChI=1S/C11H14N4/c1-15-9-7-13-6-3-8(9)14-10(15)11(12)4-2-5-11/h3,6-7H,2,4-5,12H2,1H3. The molecule has 1 saturated carbocycles. The zero-order chi connectivity index (χ0) is 10.5. The van der Waals surface area contributed by atoms with Gasteiger partial charge in [0.2, 0.25) is 0 Å². The molecule has 15 heavy (non-hydrogen) atoms. The van der Waals surface area contributed by atoms with E-state index in [0.717, 1.165) is 29.7 Å². The van der Waals surface area contributed by atoms with Gasteiger partial charge in [0.25, 0.3) is 0 Å². The number of hydrogen-bond donors (Lipinski definition) is 1. The van der Waals surface area contributed by atoms with Crippen molar-refractivity contribution in [3.05, 3.63) is 24.3 Å². The lowest BCUT2D eigenvalue weighted by Crippen LogP contribution is -2.45. The number of aromatic nitrogens is 3. The van der Waals surface area contributed by atoms with Gasteiger partial charge in [0.05, 0.1) is 22.8 Å². The fourth-order valence-corrected chi connectivity index (χ4v) is 2.26. The number of imidazole rings is 1. The largest absolute Gasteiger partial charge is 0.328 e. The van der Waals surface area contributed by atoms with Gasteiger partial charge in [-0.2, -0.15) is 0 Å². The Balaban J connectivity index is 2.23. The van der Waals surface area contributed by atoms with Gasteiger partial charge < -0.3 is 10.3 Å². The van der Waals surface area contributed by atoms with Crippen LogP contribution >= 0.6 is 0 Å². The summed E-state index contributed by atoms with van der Waals surface area (Å²) in [5, 5.41) is 0. The molecular weight excluding hydrogens is 188 g/mol. The molecule has 2 aromatic heterocycles. The van der Waals surface area contributed by atoms with E-state index in [0.29, 0.717) is 0 Å². The normalized spacial score (nSPS) is 19.1. The van der Waals surface area contributed by atoms with E-state index < -0.39 is 0 Å². The molecule has 78 valence electrons. The van der Waals surface area contributed by atoms with Crippen molar-refractivity contribution in [3.8, 4) is 0 Å². The summed E-state index contributed by atoms with van der Waals surface area (Å²) in [6, 6.07) is 1.93. The number of nitrogens with zero attached hydrogens (tertiary/aromatic N) is 3.